The van der Waals surface area contributed by atoms with Gasteiger partial charge in [0, 0.05) is 30.9 Å². The van der Waals surface area contributed by atoms with Crippen LogP contribution in [0, 0.1) is 10.1 Å². The summed E-state index contributed by atoms with van der Waals surface area (Å²) in [5.74, 6) is -3.36. The van der Waals surface area contributed by atoms with E-state index in [-0.39, 0.29) is 23.4 Å². The summed E-state index contributed by atoms with van der Waals surface area (Å²) >= 11 is 0. The highest BCUT2D eigenvalue weighted by atomic mass is 19.4. The normalized spacial score (nSPS) is 15.3. The van der Waals surface area contributed by atoms with Crippen LogP contribution in [0.4, 0.5) is 18.9 Å². The second kappa shape index (κ2) is 16.8. The number of methoxy groups -OCH3 is 1. The summed E-state index contributed by atoms with van der Waals surface area (Å²) in [6.07, 6.45) is -4.79. The lowest BCUT2D eigenvalue weighted by atomic mass is 9.80. The van der Waals surface area contributed by atoms with Gasteiger partial charge in [0.15, 0.2) is 0 Å². The van der Waals surface area contributed by atoms with E-state index in [4.69, 9.17) is 9.47 Å². The number of rotatable bonds is 15. The number of aryl methyl sites for hydroxylation is 1. The molecule has 0 fully saturated rings. The van der Waals surface area contributed by atoms with Crippen molar-refractivity contribution < 1.29 is 47.0 Å². The summed E-state index contributed by atoms with van der Waals surface area (Å²) in [5.41, 5.74) is -1.67. The third-order valence-corrected chi connectivity index (χ3v) is 7.72. The molecule has 4 rings (SSSR count). The van der Waals surface area contributed by atoms with Crippen molar-refractivity contribution in [3.63, 3.8) is 0 Å². The maximum absolute atomic E-state index is 14.1. The Morgan fingerprint density at radius 2 is 1.71 bits per heavy atom. The molecule has 0 saturated carbocycles. The van der Waals surface area contributed by atoms with Gasteiger partial charge in [0.1, 0.15) is 18.1 Å². The Kier molecular flexibility index (Phi) is 12.5. The van der Waals surface area contributed by atoms with Crippen molar-refractivity contribution in [3.8, 4) is 5.75 Å². The Bertz CT molecular complexity index is 1690. The highest BCUT2D eigenvalue weighted by Gasteiger charge is 2.47. The van der Waals surface area contributed by atoms with Gasteiger partial charge in [-0.25, -0.2) is 9.59 Å². The molecule has 11 nitrogen and oxygen atoms in total. The van der Waals surface area contributed by atoms with E-state index in [0.717, 1.165) is 30.4 Å². The van der Waals surface area contributed by atoms with Gasteiger partial charge in [-0.15, -0.1) is 0 Å². The number of carbonyl (C=O) groups is 2. The number of hydrogen-bond acceptors (Lipinski definition) is 10. The quantitative estimate of drug-likeness (QED) is 0.0820. The number of halogens is 3. The number of nitrogens with one attached hydrogen (secondary N) is 2. The molecule has 1 aliphatic heterocycles. The van der Waals surface area contributed by atoms with Crippen LogP contribution < -0.4 is 15.4 Å². The zero-order valence-corrected chi connectivity index (χ0v) is 26.8. The van der Waals surface area contributed by atoms with E-state index in [9.17, 15) is 38.0 Å². The minimum Gasteiger partial charge on any atom is -0.492 e. The molecule has 3 N–H and O–H groups in total. The molecule has 0 spiro atoms. The molecule has 3 aromatic rings. The molecular formula is C35H36F3N3O8. The van der Waals surface area contributed by atoms with Crippen LogP contribution >= 0.6 is 0 Å². The van der Waals surface area contributed by atoms with E-state index in [1.165, 1.54) is 19.1 Å². The van der Waals surface area contributed by atoms with Crippen LogP contribution in [0.1, 0.15) is 42.1 Å². The summed E-state index contributed by atoms with van der Waals surface area (Å²) in [5, 5.41) is 26.9. The lowest BCUT2D eigenvalue weighted by molar-refractivity contribution is -0.384. The number of ether oxygens (including phenoxy) is 3. The van der Waals surface area contributed by atoms with Crippen LogP contribution in [0.5, 0.6) is 5.75 Å². The molecular weight excluding hydrogens is 647 g/mol. The Balaban J connectivity index is 1.35. The van der Waals surface area contributed by atoms with E-state index in [1.54, 1.807) is 12.1 Å². The molecule has 2 unspecified atom stereocenters. The molecule has 0 bridgehead atoms. The third kappa shape index (κ3) is 9.67. The summed E-state index contributed by atoms with van der Waals surface area (Å²) < 4.78 is 58.1. The first-order valence-electron chi connectivity index (χ1n) is 15.3. The molecule has 1 aliphatic rings. The SMILES string of the molecule is COC(=O)C1=C(C(F)(F)F)NC(C)=C(C(=O)OCCCc2ccc(OCCNCC(O)c3ccccc3)cc2)C1c1cccc([N+](=O)[O-])c1. The number of non-ortho nitro benzene ring substituents is 1. The molecule has 0 amide bonds. The third-order valence-electron chi connectivity index (χ3n) is 7.72. The van der Waals surface area contributed by atoms with Crippen molar-refractivity contribution in [2.45, 2.75) is 38.0 Å². The molecule has 14 heteroatoms. The minimum absolute atomic E-state index is 0.0907. The number of dihydropyridines is 1. The summed E-state index contributed by atoms with van der Waals surface area (Å²) in [7, 11) is 0.896. The average Bonchev–Trinajstić information content (AvgIpc) is 3.09. The van der Waals surface area contributed by atoms with Crippen molar-refractivity contribution >= 4 is 17.6 Å². The molecule has 1 heterocycles. The zero-order chi connectivity index (χ0) is 35.6. The molecule has 49 heavy (non-hydrogen) atoms. The average molecular weight is 684 g/mol. The lowest BCUT2D eigenvalue weighted by Crippen LogP contribution is -2.38. The number of aliphatic hydroxyl groups is 1. The largest absolute Gasteiger partial charge is 0.492 e. The van der Waals surface area contributed by atoms with Gasteiger partial charge in [-0.1, -0.05) is 54.6 Å². The van der Waals surface area contributed by atoms with Crippen molar-refractivity contribution in [3.05, 3.63) is 128 Å². The van der Waals surface area contributed by atoms with E-state index in [0.29, 0.717) is 38.3 Å². The number of allylic oxidation sites excluding steroid dienone is 2. The smallest absolute Gasteiger partial charge is 0.431 e. The van der Waals surface area contributed by atoms with Crippen LogP contribution in [-0.2, 0) is 25.5 Å². The number of nitrogens with zero attached hydrogens (tertiary/aromatic N) is 1. The minimum atomic E-state index is -5.04. The van der Waals surface area contributed by atoms with Gasteiger partial charge < -0.3 is 30.0 Å². The Hall–Kier alpha value is -5.21. The fraction of sp³-hybridized carbons (Fsp3) is 0.314. The number of alkyl halides is 3. The van der Waals surface area contributed by atoms with Gasteiger partial charge in [0.05, 0.1) is 41.8 Å². The first-order valence-corrected chi connectivity index (χ1v) is 15.3. The number of esters is 2. The van der Waals surface area contributed by atoms with Crippen LogP contribution in [-0.4, -0.2) is 61.6 Å². The summed E-state index contributed by atoms with van der Waals surface area (Å²) in [4.78, 5) is 36.9. The van der Waals surface area contributed by atoms with Crippen molar-refractivity contribution in [2.24, 2.45) is 0 Å². The van der Waals surface area contributed by atoms with Gasteiger partial charge in [-0.05, 0) is 48.6 Å². The molecule has 0 saturated heterocycles. The fourth-order valence-corrected chi connectivity index (χ4v) is 5.35. The molecule has 3 aromatic carbocycles. The predicted molar refractivity (Wildman–Crippen MR) is 172 cm³/mol. The Morgan fingerprint density at radius 3 is 2.37 bits per heavy atom. The first kappa shape index (κ1) is 36.6. The number of carbonyl (C=O) groups excluding carboxylic acids is 2. The maximum atomic E-state index is 14.1. The number of hydrogen-bond donors (Lipinski definition) is 3. The number of benzene rings is 3. The molecule has 0 radical (unpaired) electrons. The molecule has 0 aromatic heterocycles. The Morgan fingerprint density at radius 1 is 1.00 bits per heavy atom. The fourth-order valence-electron chi connectivity index (χ4n) is 5.35. The maximum Gasteiger partial charge on any atom is 0.431 e. The van der Waals surface area contributed by atoms with Crippen LogP contribution in [0.2, 0.25) is 0 Å². The second-order valence-corrected chi connectivity index (χ2v) is 11.1. The summed E-state index contributed by atoms with van der Waals surface area (Å²) in [6.45, 7) is 2.43. The highest BCUT2D eigenvalue weighted by molar-refractivity contribution is 6.00. The first-order chi connectivity index (χ1) is 23.4. The van der Waals surface area contributed by atoms with Gasteiger partial charge >= 0.3 is 18.1 Å². The van der Waals surface area contributed by atoms with Gasteiger partial charge in [0.25, 0.3) is 5.69 Å². The standard InChI is InChI=1S/C35H36F3N3O8/c1-22-29(30(25-11-6-12-26(20-25)41(45)46)31(33(43)47-2)32(40-22)35(36,37)38)34(44)49-18-7-8-23-13-15-27(16-14-23)48-19-17-39-21-28(42)24-9-4-3-5-10-24/h3-6,9-16,20,28,30,39-40,42H,7-8,17-19,21H2,1-2H3. The predicted octanol–water partition coefficient (Wildman–Crippen LogP) is 5.42. The molecule has 0 aliphatic carbocycles. The van der Waals surface area contributed by atoms with Crippen molar-refractivity contribution in [2.75, 3.05) is 33.4 Å². The van der Waals surface area contributed by atoms with E-state index >= 15 is 0 Å². The molecule has 260 valence electrons. The van der Waals surface area contributed by atoms with E-state index in [2.05, 4.69) is 15.4 Å². The molecule has 2 atom stereocenters. The number of aliphatic hydroxyl groups excluding tert-OH is 1. The van der Waals surface area contributed by atoms with E-state index < -0.39 is 52.0 Å². The van der Waals surface area contributed by atoms with Gasteiger partial charge in [-0.2, -0.15) is 13.2 Å². The van der Waals surface area contributed by atoms with Crippen molar-refractivity contribution in [1.29, 1.82) is 0 Å². The van der Waals surface area contributed by atoms with Crippen LogP contribution in [0.3, 0.4) is 0 Å². The van der Waals surface area contributed by atoms with Crippen molar-refractivity contribution in [1.82, 2.24) is 10.6 Å². The monoisotopic (exact) mass is 683 g/mol. The Labute approximate surface area is 280 Å². The zero-order valence-electron chi connectivity index (χ0n) is 26.8. The number of nitro groups is 1. The van der Waals surface area contributed by atoms with Crippen LogP contribution in [0.15, 0.2) is 101 Å². The van der Waals surface area contributed by atoms with Gasteiger partial charge in [0.2, 0.25) is 0 Å². The number of nitro benzene ring substituents is 1. The van der Waals surface area contributed by atoms with Gasteiger partial charge in [-0.3, -0.25) is 10.1 Å². The van der Waals surface area contributed by atoms with Crippen LogP contribution in [0.25, 0.3) is 0 Å². The topological polar surface area (TPSA) is 149 Å². The van der Waals surface area contributed by atoms with E-state index in [1.807, 2.05) is 42.5 Å². The lowest BCUT2D eigenvalue weighted by Gasteiger charge is -2.31. The summed E-state index contributed by atoms with van der Waals surface area (Å²) in [6, 6.07) is 21.3. The highest BCUT2D eigenvalue weighted by Crippen LogP contribution is 2.44. The second-order valence-electron chi connectivity index (χ2n) is 11.1.